The van der Waals surface area contributed by atoms with Crippen LogP contribution in [-0.2, 0) is 12.8 Å². The van der Waals surface area contributed by atoms with Crippen molar-refractivity contribution < 1.29 is 9.47 Å². The topological polar surface area (TPSA) is 44.5 Å². The molecule has 0 unspecified atom stereocenters. The summed E-state index contributed by atoms with van der Waals surface area (Å²) >= 11 is 0. The molecule has 0 aromatic heterocycles. The molecular formula is C16H19NO2. The third kappa shape index (κ3) is 3.19. The zero-order chi connectivity index (χ0) is 13.7. The van der Waals surface area contributed by atoms with Crippen molar-refractivity contribution in [1.29, 1.82) is 0 Å². The second kappa shape index (κ2) is 6.14. The first-order valence-electron chi connectivity index (χ1n) is 6.29. The number of para-hydroxylation sites is 1. The molecular weight excluding hydrogens is 238 g/mol. The molecule has 2 aromatic carbocycles. The fourth-order valence-corrected chi connectivity index (χ4v) is 2.08. The molecule has 3 heteroatoms. The van der Waals surface area contributed by atoms with Crippen LogP contribution in [0.1, 0.15) is 11.1 Å². The minimum Gasteiger partial charge on any atom is -0.493 e. The molecule has 0 atom stereocenters. The summed E-state index contributed by atoms with van der Waals surface area (Å²) in [6.45, 7) is 0. The van der Waals surface area contributed by atoms with Gasteiger partial charge in [0.2, 0.25) is 0 Å². The summed E-state index contributed by atoms with van der Waals surface area (Å²) in [5.41, 5.74) is 9.18. The molecule has 3 nitrogen and oxygen atoms in total. The van der Waals surface area contributed by atoms with Gasteiger partial charge in [-0.3, -0.25) is 0 Å². The number of anilines is 1. The largest absolute Gasteiger partial charge is 0.493 e. The Morgan fingerprint density at radius 2 is 1.63 bits per heavy atom. The average molecular weight is 257 g/mol. The van der Waals surface area contributed by atoms with Gasteiger partial charge in [0, 0.05) is 5.69 Å². The van der Waals surface area contributed by atoms with Crippen molar-refractivity contribution in [1.82, 2.24) is 0 Å². The Bertz CT molecular complexity index is 552. The third-order valence-corrected chi connectivity index (χ3v) is 3.19. The Labute approximate surface area is 114 Å². The highest BCUT2D eigenvalue weighted by Crippen LogP contribution is 2.28. The summed E-state index contributed by atoms with van der Waals surface area (Å²) in [7, 11) is 3.29. The molecule has 0 saturated carbocycles. The first-order chi connectivity index (χ1) is 9.24. The van der Waals surface area contributed by atoms with Crippen LogP contribution in [0.15, 0.2) is 42.5 Å². The van der Waals surface area contributed by atoms with Gasteiger partial charge < -0.3 is 15.2 Å². The monoisotopic (exact) mass is 257 g/mol. The third-order valence-electron chi connectivity index (χ3n) is 3.19. The molecule has 0 radical (unpaired) electrons. The van der Waals surface area contributed by atoms with E-state index in [1.165, 1.54) is 11.1 Å². The van der Waals surface area contributed by atoms with Crippen LogP contribution >= 0.6 is 0 Å². The maximum atomic E-state index is 5.94. The molecule has 2 N–H and O–H groups in total. The van der Waals surface area contributed by atoms with Crippen LogP contribution < -0.4 is 15.2 Å². The lowest BCUT2D eigenvalue weighted by Gasteiger charge is -2.10. The summed E-state index contributed by atoms with van der Waals surface area (Å²) in [4.78, 5) is 0. The van der Waals surface area contributed by atoms with Gasteiger partial charge in [0.25, 0.3) is 0 Å². The summed E-state index contributed by atoms with van der Waals surface area (Å²) in [6, 6.07) is 14.0. The first kappa shape index (κ1) is 13.3. The zero-order valence-electron chi connectivity index (χ0n) is 11.3. The minimum absolute atomic E-state index is 0.755. The van der Waals surface area contributed by atoms with E-state index < -0.39 is 0 Å². The number of nitrogens with two attached hydrogens (primary N) is 1. The Morgan fingerprint density at radius 3 is 2.32 bits per heavy atom. The summed E-state index contributed by atoms with van der Waals surface area (Å²) in [6.07, 6.45) is 1.84. The van der Waals surface area contributed by atoms with Crippen LogP contribution in [0.2, 0.25) is 0 Å². The summed E-state index contributed by atoms with van der Waals surface area (Å²) < 4.78 is 10.5. The number of nitrogen functional groups attached to an aromatic ring is 1. The van der Waals surface area contributed by atoms with Crippen LogP contribution in [0.3, 0.4) is 0 Å². The number of ether oxygens (including phenoxy) is 2. The normalized spacial score (nSPS) is 10.2. The molecule has 2 rings (SSSR count). The van der Waals surface area contributed by atoms with E-state index in [0.29, 0.717) is 0 Å². The first-order valence-corrected chi connectivity index (χ1v) is 6.29. The highest BCUT2D eigenvalue weighted by atomic mass is 16.5. The molecule has 0 aliphatic carbocycles. The fourth-order valence-electron chi connectivity index (χ4n) is 2.08. The minimum atomic E-state index is 0.755. The van der Waals surface area contributed by atoms with Crippen molar-refractivity contribution >= 4 is 5.69 Å². The van der Waals surface area contributed by atoms with Gasteiger partial charge in [-0.15, -0.1) is 0 Å². The van der Waals surface area contributed by atoms with Crippen molar-refractivity contribution in [3.8, 4) is 11.5 Å². The van der Waals surface area contributed by atoms with Crippen LogP contribution in [0.5, 0.6) is 11.5 Å². The van der Waals surface area contributed by atoms with Gasteiger partial charge in [-0.2, -0.15) is 0 Å². The van der Waals surface area contributed by atoms with Gasteiger partial charge in [0.05, 0.1) is 14.2 Å². The van der Waals surface area contributed by atoms with E-state index >= 15 is 0 Å². The maximum Gasteiger partial charge on any atom is 0.160 e. The van der Waals surface area contributed by atoms with E-state index in [9.17, 15) is 0 Å². The lowest BCUT2D eigenvalue weighted by atomic mass is 10.0. The highest BCUT2D eigenvalue weighted by molar-refractivity contribution is 5.47. The number of benzene rings is 2. The molecule has 0 spiro atoms. The zero-order valence-corrected chi connectivity index (χ0v) is 11.3. The van der Waals surface area contributed by atoms with E-state index in [2.05, 4.69) is 12.1 Å². The van der Waals surface area contributed by atoms with Gasteiger partial charge in [0.15, 0.2) is 11.5 Å². The van der Waals surface area contributed by atoms with Gasteiger partial charge in [-0.1, -0.05) is 24.3 Å². The quantitative estimate of drug-likeness (QED) is 0.837. The second-order valence-corrected chi connectivity index (χ2v) is 4.39. The van der Waals surface area contributed by atoms with E-state index in [0.717, 1.165) is 30.0 Å². The second-order valence-electron chi connectivity index (χ2n) is 4.39. The van der Waals surface area contributed by atoms with Gasteiger partial charge in [-0.25, -0.2) is 0 Å². The average Bonchev–Trinajstić information content (AvgIpc) is 2.46. The predicted octanol–water partition coefficient (Wildman–Crippen LogP) is 3.07. The predicted molar refractivity (Wildman–Crippen MR) is 77.8 cm³/mol. The van der Waals surface area contributed by atoms with E-state index in [1.54, 1.807) is 14.2 Å². The molecule has 0 fully saturated rings. The lowest BCUT2D eigenvalue weighted by molar-refractivity contribution is 0.354. The van der Waals surface area contributed by atoms with Crippen molar-refractivity contribution in [2.75, 3.05) is 20.0 Å². The van der Waals surface area contributed by atoms with Gasteiger partial charge >= 0.3 is 0 Å². The molecule has 2 aromatic rings. The standard InChI is InChI=1S/C16H19NO2/c1-18-15-10-8-12(11-16(15)19-2)7-9-13-5-3-4-6-14(13)17/h3-6,8,10-11H,7,9,17H2,1-2H3. The van der Waals surface area contributed by atoms with Crippen LogP contribution in [-0.4, -0.2) is 14.2 Å². The molecule has 0 bridgehead atoms. The van der Waals surface area contributed by atoms with Crippen molar-refractivity contribution in [3.63, 3.8) is 0 Å². The van der Waals surface area contributed by atoms with Crippen LogP contribution in [0.25, 0.3) is 0 Å². The molecule has 0 saturated heterocycles. The number of methoxy groups -OCH3 is 2. The molecule has 19 heavy (non-hydrogen) atoms. The molecule has 0 amide bonds. The number of hydrogen-bond donors (Lipinski definition) is 1. The van der Waals surface area contributed by atoms with Crippen LogP contribution in [0, 0.1) is 0 Å². The van der Waals surface area contributed by atoms with E-state index in [-0.39, 0.29) is 0 Å². The lowest BCUT2D eigenvalue weighted by Crippen LogP contribution is -1.98. The Kier molecular flexibility index (Phi) is 4.29. The Hall–Kier alpha value is -2.16. The number of hydrogen-bond acceptors (Lipinski definition) is 3. The molecule has 0 heterocycles. The Morgan fingerprint density at radius 1 is 0.895 bits per heavy atom. The molecule has 0 aliphatic rings. The smallest absolute Gasteiger partial charge is 0.160 e. The number of aryl methyl sites for hydroxylation is 2. The van der Waals surface area contributed by atoms with Crippen molar-refractivity contribution in [2.24, 2.45) is 0 Å². The summed E-state index contributed by atoms with van der Waals surface area (Å²) in [5, 5.41) is 0. The van der Waals surface area contributed by atoms with Crippen molar-refractivity contribution in [2.45, 2.75) is 12.8 Å². The van der Waals surface area contributed by atoms with Crippen molar-refractivity contribution in [3.05, 3.63) is 53.6 Å². The summed E-state index contributed by atoms with van der Waals surface area (Å²) in [5.74, 6) is 1.52. The van der Waals surface area contributed by atoms with E-state index in [1.807, 2.05) is 30.3 Å². The van der Waals surface area contributed by atoms with Crippen LogP contribution in [0.4, 0.5) is 5.69 Å². The van der Waals surface area contributed by atoms with Gasteiger partial charge in [-0.05, 0) is 42.2 Å². The molecule has 0 aliphatic heterocycles. The SMILES string of the molecule is COc1ccc(CCc2ccccc2N)cc1OC. The van der Waals surface area contributed by atoms with E-state index in [4.69, 9.17) is 15.2 Å². The highest BCUT2D eigenvalue weighted by Gasteiger charge is 2.05. The maximum absolute atomic E-state index is 5.94. The van der Waals surface area contributed by atoms with Gasteiger partial charge in [0.1, 0.15) is 0 Å². The Balaban J connectivity index is 2.10. The fraction of sp³-hybridized carbons (Fsp3) is 0.250. The molecule has 100 valence electrons. The number of rotatable bonds is 5.